The third-order valence-corrected chi connectivity index (χ3v) is 4.95. The molecule has 0 bridgehead atoms. The van der Waals surface area contributed by atoms with Crippen LogP contribution in [0.1, 0.15) is 49.5 Å². The van der Waals surface area contributed by atoms with Gasteiger partial charge in [-0.2, -0.15) is 0 Å². The molecule has 3 heterocycles. The van der Waals surface area contributed by atoms with E-state index in [1.807, 2.05) is 28.9 Å². The summed E-state index contributed by atoms with van der Waals surface area (Å²) in [7, 11) is 0. The lowest BCUT2D eigenvalue weighted by molar-refractivity contribution is -0.144. The van der Waals surface area contributed by atoms with E-state index in [0.717, 1.165) is 38.8 Å². The summed E-state index contributed by atoms with van der Waals surface area (Å²) in [6.07, 6.45) is 6.17. The Morgan fingerprint density at radius 3 is 2.86 bits per heavy atom. The second kappa shape index (κ2) is 6.07. The van der Waals surface area contributed by atoms with Gasteiger partial charge in [0.25, 0.3) is 5.91 Å². The first-order chi connectivity index (χ1) is 10.7. The number of likely N-dealkylation sites (tertiary alicyclic amines) is 2. The molecule has 1 unspecified atom stereocenters. The van der Waals surface area contributed by atoms with Gasteiger partial charge in [0, 0.05) is 32.3 Å². The van der Waals surface area contributed by atoms with E-state index >= 15 is 0 Å². The largest absolute Gasteiger partial charge is 0.336 e. The number of rotatable bonds is 2. The normalized spacial score (nSPS) is 25.6. The molecule has 1 atom stereocenters. The van der Waals surface area contributed by atoms with Crippen molar-refractivity contribution in [2.45, 2.75) is 44.6 Å². The van der Waals surface area contributed by atoms with Crippen molar-refractivity contribution in [2.75, 3.05) is 19.6 Å². The fraction of sp³-hybridized carbons (Fsp3) is 0.588. The van der Waals surface area contributed by atoms with Gasteiger partial charge in [0.1, 0.15) is 5.69 Å². The van der Waals surface area contributed by atoms with Crippen molar-refractivity contribution in [3.05, 3.63) is 30.1 Å². The third kappa shape index (κ3) is 2.60. The molecule has 3 rings (SSSR count). The molecule has 5 nitrogen and oxygen atoms in total. The van der Waals surface area contributed by atoms with Crippen molar-refractivity contribution >= 4 is 11.8 Å². The summed E-state index contributed by atoms with van der Waals surface area (Å²) in [5.74, 6) is 0.217. The highest BCUT2D eigenvalue weighted by Crippen LogP contribution is 2.36. The standard InChI is InChI=1S/C17H23N3O2/c1-2-20-15(21)8-5-9-17(20)10-6-12-19(13-17)16(22)14-7-3-4-11-18-14/h3-4,7,11H,2,5-6,8-10,12-13H2,1H3. The van der Waals surface area contributed by atoms with Crippen molar-refractivity contribution in [1.29, 1.82) is 0 Å². The minimum Gasteiger partial charge on any atom is -0.336 e. The molecule has 2 amide bonds. The predicted molar refractivity (Wildman–Crippen MR) is 83.3 cm³/mol. The van der Waals surface area contributed by atoms with Crippen molar-refractivity contribution < 1.29 is 9.59 Å². The van der Waals surface area contributed by atoms with Gasteiger partial charge in [0.05, 0.1) is 5.54 Å². The molecular formula is C17H23N3O2. The van der Waals surface area contributed by atoms with E-state index < -0.39 is 0 Å². The first-order valence-electron chi connectivity index (χ1n) is 8.17. The van der Waals surface area contributed by atoms with Crippen LogP contribution < -0.4 is 0 Å². The highest BCUT2D eigenvalue weighted by atomic mass is 16.2. The Morgan fingerprint density at radius 1 is 1.32 bits per heavy atom. The molecule has 2 aliphatic rings. The van der Waals surface area contributed by atoms with E-state index in [4.69, 9.17) is 0 Å². The van der Waals surface area contributed by atoms with Crippen molar-refractivity contribution in [3.63, 3.8) is 0 Å². The number of pyridine rings is 1. The van der Waals surface area contributed by atoms with Gasteiger partial charge in [-0.25, -0.2) is 0 Å². The quantitative estimate of drug-likeness (QED) is 0.840. The average molecular weight is 301 g/mol. The summed E-state index contributed by atoms with van der Waals surface area (Å²) in [5, 5.41) is 0. The third-order valence-electron chi connectivity index (χ3n) is 4.95. The second-order valence-electron chi connectivity index (χ2n) is 6.26. The van der Waals surface area contributed by atoms with Crippen LogP contribution in [0.3, 0.4) is 0 Å². The smallest absolute Gasteiger partial charge is 0.272 e. The molecule has 0 saturated carbocycles. The molecule has 1 aromatic heterocycles. The molecule has 0 radical (unpaired) electrons. The van der Waals surface area contributed by atoms with Crippen LogP contribution in [0.15, 0.2) is 24.4 Å². The van der Waals surface area contributed by atoms with Crippen LogP contribution in [0.4, 0.5) is 0 Å². The van der Waals surface area contributed by atoms with E-state index in [2.05, 4.69) is 4.98 Å². The summed E-state index contributed by atoms with van der Waals surface area (Å²) in [5.41, 5.74) is 0.331. The number of aromatic nitrogens is 1. The number of carbonyl (C=O) groups excluding carboxylic acids is 2. The summed E-state index contributed by atoms with van der Waals surface area (Å²) >= 11 is 0. The van der Waals surface area contributed by atoms with Gasteiger partial charge in [-0.15, -0.1) is 0 Å². The van der Waals surface area contributed by atoms with Gasteiger partial charge in [-0.05, 0) is 44.7 Å². The predicted octanol–water partition coefficient (Wildman–Crippen LogP) is 2.09. The lowest BCUT2D eigenvalue weighted by atomic mass is 9.79. The number of hydrogen-bond donors (Lipinski definition) is 0. The molecule has 2 aliphatic heterocycles. The monoisotopic (exact) mass is 301 g/mol. The molecular weight excluding hydrogens is 278 g/mol. The highest BCUT2D eigenvalue weighted by molar-refractivity contribution is 5.92. The summed E-state index contributed by atoms with van der Waals surface area (Å²) in [6, 6.07) is 5.41. The van der Waals surface area contributed by atoms with Crippen LogP contribution in [0.25, 0.3) is 0 Å². The van der Waals surface area contributed by atoms with Crippen molar-refractivity contribution in [3.8, 4) is 0 Å². The van der Waals surface area contributed by atoms with Gasteiger partial charge in [0.2, 0.25) is 5.91 Å². The van der Waals surface area contributed by atoms with Crippen LogP contribution in [-0.2, 0) is 4.79 Å². The minimum atomic E-state index is -0.160. The minimum absolute atomic E-state index is 0.0197. The highest BCUT2D eigenvalue weighted by Gasteiger charge is 2.45. The SMILES string of the molecule is CCN1C(=O)CCCC12CCCN(C(=O)c1ccccn1)C2. The molecule has 118 valence electrons. The van der Waals surface area contributed by atoms with Gasteiger partial charge in [-0.3, -0.25) is 14.6 Å². The first kappa shape index (κ1) is 15.0. The van der Waals surface area contributed by atoms with E-state index in [-0.39, 0.29) is 17.4 Å². The van der Waals surface area contributed by atoms with Crippen LogP contribution in [-0.4, -0.2) is 51.8 Å². The van der Waals surface area contributed by atoms with Crippen LogP contribution in [0.2, 0.25) is 0 Å². The topological polar surface area (TPSA) is 53.5 Å². The molecule has 1 spiro atoms. The van der Waals surface area contributed by atoms with Crippen LogP contribution in [0, 0.1) is 0 Å². The Bertz CT molecular complexity index is 556. The van der Waals surface area contributed by atoms with E-state index in [1.165, 1.54) is 0 Å². The van der Waals surface area contributed by atoms with Gasteiger partial charge in [0.15, 0.2) is 0 Å². The van der Waals surface area contributed by atoms with E-state index in [1.54, 1.807) is 12.3 Å². The maximum atomic E-state index is 12.7. The Labute approximate surface area is 131 Å². The molecule has 0 N–H and O–H groups in total. The summed E-state index contributed by atoms with van der Waals surface area (Å²) in [4.78, 5) is 33.0. The molecule has 22 heavy (non-hydrogen) atoms. The number of nitrogens with zero attached hydrogens (tertiary/aromatic N) is 3. The van der Waals surface area contributed by atoms with E-state index in [0.29, 0.717) is 18.7 Å². The zero-order chi connectivity index (χ0) is 15.6. The number of carbonyl (C=O) groups is 2. The number of amides is 2. The van der Waals surface area contributed by atoms with Gasteiger partial charge < -0.3 is 9.80 Å². The second-order valence-corrected chi connectivity index (χ2v) is 6.26. The number of hydrogen-bond acceptors (Lipinski definition) is 3. The van der Waals surface area contributed by atoms with E-state index in [9.17, 15) is 9.59 Å². The molecule has 2 saturated heterocycles. The summed E-state index contributed by atoms with van der Waals surface area (Å²) < 4.78 is 0. The van der Waals surface area contributed by atoms with Crippen LogP contribution >= 0.6 is 0 Å². The molecule has 1 aromatic rings. The number of piperidine rings is 2. The molecule has 5 heteroatoms. The average Bonchev–Trinajstić information content (AvgIpc) is 2.55. The van der Waals surface area contributed by atoms with Gasteiger partial charge in [-0.1, -0.05) is 6.07 Å². The maximum Gasteiger partial charge on any atom is 0.272 e. The molecule has 2 fully saturated rings. The fourth-order valence-electron chi connectivity index (χ4n) is 3.98. The Kier molecular flexibility index (Phi) is 4.14. The zero-order valence-electron chi connectivity index (χ0n) is 13.1. The molecule has 0 aromatic carbocycles. The Balaban J connectivity index is 1.81. The van der Waals surface area contributed by atoms with Crippen LogP contribution in [0.5, 0.6) is 0 Å². The Morgan fingerprint density at radius 2 is 2.14 bits per heavy atom. The molecule has 0 aliphatic carbocycles. The Hall–Kier alpha value is -1.91. The van der Waals surface area contributed by atoms with Gasteiger partial charge >= 0.3 is 0 Å². The first-order valence-corrected chi connectivity index (χ1v) is 8.17. The lowest BCUT2D eigenvalue weighted by Gasteiger charge is -2.51. The maximum absolute atomic E-state index is 12.7. The van der Waals surface area contributed by atoms with Crippen molar-refractivity contribution in [2.24, 2.45) is 0 Å². The summed E-state index contributed by atoms with van der Waals surface area (Å²) in [6.45, 7) is 4.15. The lowest BCUT2D eigenvalue weighted by Crippen LogP contribution is -2.63. The number of likely N-dealkylation sites (N-methyl/N-ethyl adjacent to an activating group) is 1. The zero-order valence-corrected chi connectivity index (χ0v) is 13.1. The van der Waals surface area contributed by atoms with Crippen molar-refractivity contribution in [1.82, 2.24) is 14.8 Å². The fourth-order valence-corrected chi connectivity index (χ4v) is 3.98.